The molecule has 0 aliphatic carbocycles. The number of ether oxygens (including phenoxy) is 2. The van der Waals surface area contributed by atoms with Crippen molar-refractivity contribution < 1.29 is 19.1 Å². The van der Waals surface area contributed by atoms with E-state index in [9.17, 15) is 9.59 Å². The number of hydrogen-bond donors (Lipinski definition) is 1. The van der Waals surface area contributed by atoms with Crippen molar-refractivity contribution in [3.63, 3.8) is 0 Å². The number of benzene rings is 1. The maximum atomic E-state index is 13.1. The molecule has 35 heavy (non-hydrogen) atoms. The van der Waals surface area contributed by atoms with Crippen molar-refractivity contribution >= 4 is 23.2 Å². The molecule has 0 saturated carbocycles. The van der Waals surface area contributed by atoms with E-state index in [1.54, 1.807) is 43.8 Å². The van der Waals surface area contributed by atoms with Gasteiger partial charge < -0.3 is 19.7 Å². The number of amides is 2. The molecule has 3 heterocycles. The largest absolute Gasteiger partial charge is 0.493 e. The molecule has 2 amide bonds. The molecule has 1 saturated heterocycles. The van der Waals surface area contributed by atoms with Crippen molar-refractivity contribution in [1.82, 2.24) is 15.2 Å². The van der Waals surface area contributed by atoms with E-state index in [-0.39, 0.29) is 17.7 Å². The summed E-state index contributed by atoms with van der Waals surface area (Å²) < 4.78 is 10.6. The lowest BCUT2D eigenvalue weighted by Crippen LogP contribution is -2.38. The minimum atomic E-state index is -0.0899. The first-order chi connectivity index (χ1) is 17.0. The van der Waals surface area contributed by atoms with Crippen LogP contribution in [0.2, 0.25) is 0 Å². The van der Waals surface area contributed by atoms with Crippen molar-refractivity contribution in [2.24, 2.45) is 0 Å². The molecule has 0 unspecified atom stereocenters. The Kier molecular flexibility index (Phi) is 8.02. The van der Waals surface area contributed by atoms with Gasteiger partial charge in [0.2, 0.25) is 0 Å². The second-order valence-electron chi connectivity index (χ2n) is 8.61. The summed E-state index contributed by atoms with van der Waals surface area (Å²) in [4.78, 5) is 33.9. The minimum absolute atomic E-state index is 0.0341. The quantitative estimate of drug-likeness (QED) is 0.501. The lowest BCUT2D eigenvalue weighted by atomic mass is 9.89. The first kappa shape index (κ1) is 24.7. The standard InChI is InChI=1S/C27H31N3O4S/c1-18-6-8-22(26(31)28-13-10-21-5-4-16-35-21)25(29-18)19-11-14-30(15-12-19)27(32)20-7-9-23(33-2)24(17-20)34-3/h4-9,16-17,19H,10-15H2,1-3H3,(H,28,31). The Morgan fingerprint density at radius 1 is 1.09 bits per heavy atom. The highest BCUT2D eigenvalue weighted by Gasteiger charge is 2.28. The van der Waals surface area contributed by atoms with Crippen molar-refractivity contribution in [2.45, 2.75) is 32.1 Å². The fourth-order valence-electron chi connectivity index (χ4n) is 4.44. The third kappa shape index (κ3) is 5.82. The van der Waals surface area contributed by atoms with Gasteiger partial charge in [-0.25, -0.2) is 0 Å². The number of methoxy groups -OCH3 is 2. The lowest BCUT2D eigenvalue weighted by molar-refractivity contribution is 0.0710. The van der Waals surface area contributed by atoms with Gasteiger partial charge in [-0.05, 0) is 68.0 Å². The van der Waals surface area contributed by atoms with Gasteiger partial charge in [-0.1, -0.05) is 6.07 Å². The molecule has 1 aliphatic heterocycles. The van der Waals surface area contributed by atoms with Crippen molar-refractivity contribution in [1.29, 1.82) is 0 Å². The van der Waals surface area contributed by atoms with Crippen LogP contribution in [0.25, 0.3) is 0 Å². The lowest BCUT2D eigenvalue weighted by Gasteiger charge is -2.32. The number of hydrogen-bond acceptors (Lipinski definition) is 6. The van der Waals surface area contributed by atoms with Crippen LogP contribution in [0.5, 0.6) is 11.5 Å². The van der Waals surface area contributed by atoms with Gasteiger partial charge in [0, 0.05) is 41.7 Å². The summed E-state index contributed by atoms with van der Waals surface area (Å²) in [5.41, 5.74) is 2.92. The molecule has 2 aromatic heterocycles. The molecule has 0 atom stereocenters. The van der Waals surface area contributed by atoms with Crippen molar-refractivity contribution in [3.05, 3.63) is 75.2 Å². The SMILES string of the molecule is COc1ccc(C(=O)N2CCC(c3nc(C)ccc3C(=O)NCCc3cccs3)CC2)cc1OC. The zero-order valence-electron chi connectivity index (χ0n) is 20.4. The molecule has 184 valence electrons. The molecule has 1 aliphatic rings. The van der Waals surface area contributed by atoms with Crippen LogP contribution in [0.15, 0.2) is 47.8 Å². The summed E-state index contributed by atoms with van der Waals surface area (Å²) in [7, 11) is 3.13. The maximum Gasteiger partial charge on any atom is 0.253 e. The Bertz CT molecular complexity index is 1170. The van der Waals surface area contributed by atoms with Crippen molar-refractivity contribution in [2.75, 3.05) is 33.9 Å². The average Bonchev–Trinajstić information content (AvgIpc) is 3.41. The Labute approximate surface area is 210 Å². The van der Waals surface area contributed by atoms with Crippen LogP contribution in [0.3, 0.4) is 0 Å². The summed E-state index contributed by atoms with van der Waals surface area (Å²) in [5, 5.41) is 5.09. The van der Waals surface area contributed by atoms with Crippen LogP contribution in [0, 0.1) is 6.92 Å². The molecular weight excluding hydrogens is 462 g/mol. The number of piperidine rings is 1. The van der Waals surface area contributed by atoms with Crippen LogP contribution < -0.4 is 14.8 Å². The fourth-order valence-corrected chi connectivity index (χ4v) is 5.15. The minimum Gasteiger partial charge on any atom is -0.493 e. The van der Waals surface area contributed by atoms with Crippen LogP contribution in [0.1, 0.15) is 55.7 Å². The molecular formula is C27H31N3O4S. The molecule has 0 bridgehead atoms. The normalized spacial score (nSPS) is 14.0. The number of thiophene rings is 1. The topological polar surface area (TPSA) is 80.8 Å². The molecule has 1 fully saturated rings. The van der Waals surface area contributed by atoms with E-state index in [2.05, 4.69) is 11.4 Å². The monoisotopic (exact) mass is 493 g/mol. The van der Waals surface area contributed by atoms with Gasteiger partial charge in [0.25, 0.3) is 11.8 Å². The van der Waals surface area contributed by atoms with Crippen LogP contribution in [-0.4, -0.2) is 55.6 Å². The predicted molar refractivity (Wildman–Crippen MR) is 137 cm³/mol. The van der Waals surface area contributed by atoms with Gasteiger partial charge >= 0.3 is 0 Å². The van der Waals surface area contributed by atoms with E-state index in [0.29, 0.717) is 42.3 Å². The van der Waals surface area contributed by atoms with E-state index in [1.165, 1.54) is 4.88 Å². The molecule has 1 aromatic carbocycles. The molecule has 3 aromatic rings. The summed E-state index contributed by atoms with van der Waals surface area (Å²) in [6.07, 6.45) is 2.32. The van der Waals surface area contributed by atoms with Crippen LogP contribution >= 0.6 is 11.3 Å². The van der Waals surface area contributed by atoms with E-state index in [4.69, 9.17) is 14.5 Å². The highest BCUT2D eigenvalue weighted by atomic mass is 32.1. The molecule has 8 heteroatoms. The third-order valence-corrected chi connectivity index (χ3v) is 7.28. The zero-order valence-corrected chi connectivity index (χ0v) is 21.2. The number of nitrogens with zero attached hydrogens (tertiary/aromatic N) is 2. The zero-order chi connectivity index (χ0) is 24.8. The van der Waals surface area contributed by atoms with E-state index in [0.717, 1.165) is 30.7 Å². The third-order valence-electron chi connectivity index (χ3n) is 6.35. The van der Waals surface area contributed by atoms with E-state index < -0.39 is 0 Å². The molecule has 1 N–H and O–H groups in total. The number of carbonyl (C=O) groups is 2. The second kappa shape index (κ2) is 11.4. The van der Waals surface area contributed by atoms with Gasteiger partial charge in [0.05, 0.1) is 25.5 Å². The summed E-state index contributed by atoms with van der Waals surface area (Å²) in [6, 6.07) is 13.1. The van der Waals surface area contributed by atoms with E-state index >= 15 is 0 Å². The number of likely N-dealkylation sites (tertiary alicyclic amines) is 1. The Balaban J connectivity index is 1.41. The van der Waals surface area contributed by atoms with Crippen LogP contribution in [-0.2, 0) is 6.42 Å². The number of rotatable bonds is 8. The number of nitrogens with one attached hydrogen (secondary N) is 1. The summed E-state index contributed by atoms with van der Waals surface area (Å²) in [5.74, 6) is 1.13. The van der Waals surface area contributed by atoms with Gasteiger partial charge in [-0.3, -0.25) is 14.6 Å². The first-order valence-corrected chi connectivity index (χ1v) is 12.7. The number of pyridine rings is 1. The van der Waals surface area contributed by atoms with Crippen molar-refractivity contribution in [3.8, 4) is 11.5 Å². The molecule has 4 rings (SSSR count). The Morgan fingerprint density at radius 2 is 1.86 bits per heavy atom. The Morgan fingerprint density at radius 3 is 2.54 bits per heavy atom. The molecule has 7 nitrogen and oxygen atoms in total. The van der Waals surface area contributed by atoms with Gasteiger partial charge in [-0.15, -0.1) is 11.3 Å². The highest BCUT2D eigenvalue weighted by Crippen LogP contribution is 2.32. The fraction of sp³-hybridized carbons (Fsp3) is 0.370. The smallest absolute Gasteiger partial charge is 0.253 e. The van der Waals surface area contributed by atoms with E-state index in [1.807, 2.05) is 35.4 Å². The van der Waals surface area contributed by atoms with Gasteiger partial charge in [0.15, 0.2) is 11.5 Å². The van der Waals surface area contributed by atoms with Gasteiger partial charge in [-0.2, -0.15) is 0 Å². The number of aromatic nitrogens is 1. The molecule has 0 spiro atoms. The number of aryl methyl sites for hydroxylation is 1. The summed E-state index contributed by atoms with van der Waals surface area (Å²) in [6.45, 7) is 3.74. The number of carbonyl (C=O) groups excluding carboxylic acids is 2. The van der Waals surface area contributed by atoms with Crippen LogP contribution in [0.4, 0.5) is 0 Å². The summed E-state index contributed by atoms with van der Waals surface area (Å²) >= 11 is 1.69. The van der Waals surface area contributed by atoms with Gasteiger partial charge in [0.1, 0.15) is 0 Å². The average molecular weight is 494 g/mol. The molecule has 0 radical (unpaired) electrons. The second-order valence-corrected chi connectivity index (χ2v) is 9.64. The maximum absolute atomic E-state index is 13.1. The highest BCUT2D eigenvalue weighted by molar-refractivity contribution is 7.09. The Hall–Kier alpha value is -3.39. The first-order valence-electron chi connectivity index (χ1n) is 11.8. The predicted octanol–water partition coefficient (Wildman–Crippen LogP) is 4.46.